The van der Waals surface area contributed by atoms with Crippen molar-refractivity contribution in [2.75, 3.05) is 39.6 Å². The molecule has 0 amide bonds. The van der Waals surface area contributed by atoms with Crippen LogP contribution in [0.3, 0.4) is 0 Å². The van der Waals surface area contributed by atoms with Crippen molar-refractivity contribution in [1.82, 2.24) is 0 Å². The van der Waals surface area contributed by atoms with Crippen LogP contribution >= 0.6 is 0 Å². The zero-order chi connectivity index (χ0) is 16.7. The number of rotatable bonds is 0. The second-order valence-electron chi connectivity index (χ2n) is 5.02. The van der Waals surface area contributed by atoms with Gasteiger partial charge in [-0.05, 0) is 57.8 Å². The predicted octanol–water partition coefficient (Wildman–Crippen LogP) is 3.97. The summed E-state index contributed by atoms with van der Waals surface area (Å²) in [5.74, 6) is 0. The normalized spacial score (nSPS) is 20.2. The van der Waals surface area contributed by atoms with E-state index in [4.69, 9.17) is 14.2 Å². The van der Waals surface area contributed by atoms with E-state index in [1.54, 1.807) is 13.1 Å². The van der Waals surface area contributed by atoms with Gasteiger partial charge in [-0.2, -0.15) is 0 Å². The van der Waals surface area contributed by atoms with Gasteiger partial charge in [0.25, 0.3) is 0 Å². The van der Waals surface area contributed by atoms with E-state index >= 15 is 0 Å². The van der Waals surface area contributed by atoms with E-state index in [1.807, 2.05) is 0 Å². The number of hydrogen-bond acceptors (Lipinski definition) is 3. The highest BCUT2D eigenvalue weighted by Crippen LogP contribution is 2.03. The Morgan fingerprint density at radius 2 is 0.545 bits per heavy atom. The Balaban J connectivity index is 0. The van der Waals surface area contributed by atoms with Gasteiger partial charge >= 0.3 is 0 Å². The largest absolute Gasteiger partial charge is 0.381 e. The van der Waals surface area contributed by atoms with E-state index in [0.717, 1.165) is 39.6 Å². The highest BCUT2D eigenvalue weighted by Gasteiger charge is 1.96. The van der Waals surface area contributed by atoms with E-state index in [0.29, 0.717) is 0 Å². The zero-order valence-electron chi connectivity index (χ0n) is 14.8. The van der Waals surface area contributed by atoms with Crippen molar-refractivity contribution in [2.45, 2.75) is 70.9 Å². The molecule has 3 heterocycles. The van der Waals surface area contributed by atoms with Crippen LogP contribution in [0.4, 0.5) is 0 Å². The average Bonchev–Trinajstić information content (AvgIpc) is 2.70. The van der Waals surface area contributed by atoms with Crippen LogP contribution in [0.15, 0.2) is 0 Å². The van der Waals surface area contributed by atoms with Gasteiger partial charge in [-0.3, -0.25) is 0 Å². The molecule has 22 heavy (non-hydrogen) atoms. The molecule has 0 bridgehead atoms. The summed E-state index contributed by atoms with van der Waals surface area (Å²) < 4.78 is 15.2. The lowest BCUT2D eigenvalue weighted by molar-refractivity contribution is 0.0967. The molecule has 3 rings (SSSR count). The Morgan fingerprint density at radius 1 is 0.364 bits per heavy atom. The van der Waals surface area contributed by atoms with Crippen LogP contribution in [0.2, 0.25) is 13.1 Å². The van der Waals surface area contributed by atoms with Crippen LogP contribution in [0.25, 0.3) is 0 Å². The molecule has 0 unspecified atom stereocenters. The van der Waals surface area contributed by atoms with Crippen LogP contribution < -0.4 is 0 Å². The van der Waals surface area contributed by atoms with Gasteiger partial charge in [0.05, 0.1) is 0 Å². The van der Waals surface area contributed by atoms with Crippen LogP contribution in [0, 0.1) is 0 Å². The Morgan fingerprint density at radius 3 is 0.591 bits per heavy atom. The fourth-order valence-electron chi connectivity index (χ4n) is 2.06. The van der Waals surface area contributed by atoms with Crippen LogP contribution in [-0.2, 0) is 14.2 Å². The van der Waals surface area contributed by atoms with Gasteiger partial charge in [-0.25, -0.2) is 0 Å². The van der Waals surface area contributed by atoms with E-state index in [1.165, 1.54) is 57.8 Å². The van der Waals surface area contributed by atoms with Gasteiger partial charge in [0.15, 0.2) is 0 Å². The highest BCUT2D eigenvalue weighted by molar-refractivity contribution is 6.05. The zero-order valence-corrected chi connectivity index (χ0v) is 16.8. The molecule has 3 aliphatic rings. The van der Waals surface area contributed by atoms with Crippen molar-refractivity contribution >= 4 is 20.5 Å². The van der Waals surface area contributed by atoms with Crippen LogP contribution in [0.5, 0.6) is 0 Å². The van der Waals surface area contributed by atoms with Crippen LogP contribution in [-0.4, -0.2) is 60.1 Å². The molecular formula is C17H36O3Si2. The van der Waals surface area contributed by atoms with Crippen molar-refractivity contribution in [3.05, 3.63) is 0 Å². The van der Waals surface area contributed by atoms with Gasteiger partial charge in [0, 0.05) is 60.1 Å². The molecule has 6 radical (unpaired) electrons. The maximum absolute atomic E-state index is 5.07. The first-order chi connectivity index (χ1) is 11.0. The van der Waals surface area contributed by atoms with Crippen LogP contribution in [0.1, 0.15) is 57.8 Å². The molecule has 3 aliphatic heterocycles. The fraction of sp³-hybridized carbons (Fsp3) is 1.00. The Hall–Kier alpha value is 0.314. The smallest absolute Gasteiger partial charge is 0.0466 e. The third kappa shape index (κ3) is 22.6. The molecule has 130 valence electrons. The Kier molecular flexibility index (Phi) is 29.3. The van der Waals surface area contributed by atoms with Crippen molar-refractivity contribution in [3.8, 4) is 0 Å². The van der Waals surface area contributed by atoms with Crippen molar-refractivity contribution in [2.24, 2.45) is 0 Å². The maximum atomic E-state index is 5.07. The molecular weight excluding hydrogens is 308 g/mol. The lowest BCUT2D eigenvalue weighted by Crippen LogP contribution is -2.03. The summed E-state index contributed by atoms with van der Waals surface area (Å²) in [5.41, 5.74) is 0. The summed E-state index contributed by atoms with van der Waals surface area (Å²) in [6.07, 6.45) is 11.8. The predicted molar refractivity (Wildman–Crippen MR) is 97.2 cm³/mol. The maximum Gasteiger partial charge on any atom is 0.0466 e. The molecule has 0 aromatic heterocycles. The minimum absolute atomic E-state index is 1.00. The summed E-state index contributed by atoms with van der Waals surface area (Å²) >= 11 is 0. The molecule has 3 nitrogen and oxygen atoms in total. The molecule has 0 saturated carbocycles. The van der Waals surface area contributed by atoms with Crippen molar-refractivity contribution < 1.29 is 14.2 Å². The summed E-state index contributed by atoms with van der Waals surface area (Å²) in [6, 6.07) is 0. The molecule has 0 N–H and O–H groups in total. The first kappa shape index (κ1) is 24.6. The number of ether oxygens (including phenoxy) is 3. The van der Waals surface area contributed by atoms with Crippen molar-refractivity contribution in [1.29, 1.82) is 0 Å². The van der Waals surface area contributed by atoms with Crippen molar-refractivity contribution in [3.63, 3.8) is 0 Å². The van der Waals surface area contributed by atoms with E-state index in [9.17, 15) is 0 Å². The molecule has 0 atom stereocenters. The summed E-state index contributed by atoms with van der Waals surface area (Å²) in [5, 5.41) is 0. The standard InChI is InChI=1S/3C5H10O.2CH3Si/c3*1-2-4-6-5-3-1;2*1-2/h3*1-5H2;2*1H3. The molecule has 3 saturated heterocycles. The minimum Gasteiger partial charge on any atom is -0.381 e. The molecule has 5 heteroatoms. The summed E-state index contributed by atoms with van der Waals surface area (Å²) in [4.78, 5) is 0. The monoisotopic (exact) mass is 344 g/mol. The van der Waals surface area contributed by atoms with Gasteiger partial charge in [-0.15, -0.1) is 0 Å². The quantitative estimate of drug-likeness (QED) is 0.622. The molecule has 0 aliphatic carbocycles. The molecule has 0 spiro atoms. The van der Waals surface area contributed by atoms with E-state index < -0.39 is 0 Å². The second-order valence-corrected chi connectivity index (χ2v) is 5.02. The average molecular weight is 345 g/mol. The fourth-order valence-corrected chi connectivity index (χ4v) is 2.06. The third-order valence-electron chi connectivity index (χ3n) is 3.23. The van der Waals surface area contributed by atoms with E-state index in [-0.39, 0.29) is 0 Å². The molecule has 3 fully saturated rings. The summed E-state index contributed by atoms with van der Waals surface area (Å²) in [6.45, 7) is 9.61. The minimum atomic E-state index is 1.00. The molecule has 0 aromatic carbocycles. The third-order valence-corrected chi connectivity index (χ3v) is 3.23. The summed E-state index contributed by atoms with van der Waals surface area (Å²) in [7, 11) is 5.94. The molecule has 0 aromatic rings. The van der Waals surface area contributed by atoms with Gasteiger partial charge in [0.1, 0.15) is 0 Å². The topological polar surface area (TPSA) is 27.7 Å². The Labute approximate surface area is 145 Å². The van der Waals surface area contributed by atoms with E-state index in [2.05, 4.69) is 20.5 Å². The lowest BCUT2D eigenvalue weighted by Gasteiger charge is -2.08. The number of hydrogen-bond donors (Lipinski definition) is 0. The first-order valence-corrected chi connectivity index (χ1v) is 10.7. The lowest BCUT2D eigenvalue weighted by atomic mass is 10.2. The van der Waals surface area contributed by atoms with Gasteiger partial charge in [0.2, 0.25) is 0 Å². The highest BCUT2D eigenvalue weighted by atomic mass is 28.1. The SMILES string of the molecule is C1CCOCC1.C1CCOCC1.C1CCOCC1.C[Si].C[Si]. The van der Waals surface area contributed by atoms with Gasteiger partial charge in [-0.1, -0.05) is 13.1 Å². The Bertz CT molecular complexity index is 96.9. The van der Waals surface area contributed by atoms with Gasteiger partial charge < -0.3 is 14.2 Å². The first-order valence-electron chi connectivity index (χ1n) is 8.73. The second kappa shape index (κ2) is 26.2.